The Kier molecular flexibility index (Phi) is 2.54. The highest BCUT2D eigenvalue weighted by Gasteiger charge is 2.47. The van der Waals surface area contributed by atoms with Crippen molar-refractivity contribution < 1.29 is 4.79 Å². The van der Waals surface area contributed by atoms with Gasteiger partial charge in [0, 0.05) is 6.04 Å². The van der Waals surface area contributed by atoms with Gasteiger partial charge in [0.1, 0.15) is 0 Å². The summed E-state index contributed by atoms with van der Waals surface area (Å²) in [5.41, 5.74) is -0.0998. The number of hydrogen-bond acceptors (Lipinski definition) is 1. The number of amides is 1. The normalized spacial score (nSPS) is 32.1. The second-order valence-corrected chi connectivity index (χ2v) is 5.49. The van der Waals surface area contributed by atoms with Crippen LogP contribution in [0.5, 0.6) is 0 Å². The van der Waals surface area contributed by atoms with Crippen molar-refractivity contribution in [3.8, 4) is 0 Å². The largest absolute Gasteiger partial charge is 0.352 e. The van der Waals surface area contributed by atoms with Gasteiger partial charge in [-0.15, -0.1) is 0 Å². The van der Waals surface area contributed by atoms with Crippen molar-refractivity contribution in [3.05, 3.63) is 0 Å². The molecule has 14 heavy (non-hydrogen) atoms. The molecule has 2 rings (SSSR count). The number of carbonyl (C=O) groups excluding carboxylic acids is 1. The third kappa shape index (κ3) is 1.67. The summed E-state index contributed by atoms with van der Waals surface area (Å²) in [5, 5.41) is 3.04. The van der Waals surface area contributed by atoms with Crippen LogP contribution < -0.4 is 5.32 Å². The van der Waals surface area contributed by atoms with Crippen LogP contribution in [0.15, 0.2) is 0 Å². The molecule has 1 atom stereocenters. The molecule has 2 heteroatoms. The minimum atomic E-state index is -0.0998. The van der Waals surface area contributed by atoms with Crippen molar-refractivity contribution >= 4 is 5.91 Å². The maximum atomic E-state index is 11.3. The molecular weight excluding hydrogens is 174 g/mol. The fraction of sp³-hybridized carbons (Fsp3) is 0.917. The SMILES string of the molecule is CC1(C)C(=O)NC1CC1CCCCC1. The highest BCUT2D eigenvalue weighted by atomic mass is 16.2. The summed E-state index contributed by atoms with van der Waals surface area (Å²) in [4.78, 5) is 11.3. The molecule has 1 saturated carbocycles. The lowest BCUT2D eigenvalue weighted by molar-refractivity contribution is -0.143. The summed E-state index contributed by atoms with van der Waals surface area (Å²) in [5.74, 6) is 1.10. The molecule has 1 aliphatic heterocycles. The third-order valence-corrected chi connectivity index (χ3v) is 4.06. The predicted molar refractivity (Wildman–Crippen MR) is 56.9 cm³/mol. The molecule has 1 saturated heterocycles. The summed E-state index contributed by atoms with van der Waals surface area (Å²) >= 11 is 0. The van der Waals surface area contributed by atoms with E-state index in [-0.39, 0.29) is 11.3 Å². The highest BCUT2D eigenvalue weighted by Crippen LogP contribution is 2.37. The molecule has 0 bridgehead atoms. The Morgan fingerprint density at radius 2 is 1.93 bits per heavy atom. The van der Waals surface area contributed by atoms with Gasteiger partial charge in [-0.1, -0.05) is 32.1 Å². The molecule has 80 valence electrons. The summed E-state index contributed by atoms with van der Waals surface area (Å²) in [6.07, 6.45) is 8.16. The van der Waals surface area contributed by atoms with Gasteiger partial charge in [0.2, 0.25) is 5.91 Å². The van der Waals surface area contributed by atoms with Gasteiger partial charge in [0.05, 0.1) is 5.41 Å². The molecule has 1 aliphatic carbocycles. The second-order valence-electron chi connectivity index (χ2n) is 5.49. The van der Waals surface area contributed by atoms with Gasteiger partial charge >= 0.3 is 0 Å². The van der Waals surface area contributed by atoms with Crippen molar-refractivity contribution in [1.82, 2.24) is 5.32 Å². The third-order valence-electron chi connectivity index (χ3n) is 4.06. The molecule has 2 nitrogen and oxygen atoms in total. The van der Waals surface area contributed by atoms with E-state index in [9.17, 15) is 4.79 Å². The van der Waals surface area contributed by atoms with E-state index in [4.69, 9.17) is 0 Å². The van der Waals surface area contributed by atoms with E-state index in [1.807, 2.05) is 0 Å². The van der Waals surface area contributed by atoms with Crippen molar-refractivity contribution in [1.29, 1.82) is 0 Å². The summed E-state index contributed by atoms with van der Waals surface area (Å²) < 4.78 is 0. The second kappa shape index (κ2) is 3.56. The number of rotatable bonds is 2. The van der Waals surface area contributed by atoms with E-state index < -0.39 is 0 Å². The summed E-state index contributed by atoms with van der Waals surface area (Å²) in [6.45, 7) is 4.14. The van der Waals surface area contributed by atoms with Crippen molar-refractivity contribution in [3.63, 3.8) is 0 Å². The van der Waals surface area contributed by atoms with Gasteiger partial charge in [-0.3, -0.25) is 4.79 Å². The quantitative estimate of drug-likeness (QED) is 0.674. The minimum Gasteiger partial charge on any atom is -0.352 e. The Morgan fingerprint density at radius 3 is 2.43 bits per heavy atom. The highest BCUT2D eigenvalue weighted by molar-refractivity contribution is 5.89. The van der Waals surface area contributed by atoms with E-state index in [1.165, 1.54) is 38.5 Å². The van der Waals surface area contributed by atoms with Gasteiger partial charge in [0.15, 0.2) is 0 Å². The molecule has 0 spiro atoms. The van der Waals surface area contributed by atoms with Gasteiger partial charge in [-0.25, -0.2) is 0 Å². The smallest absolute Gasteiger partial charge is 0.227 e. The van der Waals surface area contributed by atoms with Crippen molar-refractivity contribution in [2.24, 2.45) is 11.3 Å². The van der Waals surface area contributed by atoms with Gasteiger partial charge in [-0.05, 0) is 26.2 Å². The van der Waals surface area contributed by atoms with Crippen LogP contribution in [0.25, 0.3) is 0 Å². The molecule has 0 aromatic carbocycles. The Morgan fingerprint density at radius 1 is 1.29 bits per heavy atom. The Balaban J connectivity index is 1.83. The standard InChI is InChI=1S/C12H21NO/c1-12(2)10(13-11(12)14)8-9-6-4-3-5-7-9/h9-10H,3-8H2,1-2H3,(H,13,14). The molecule has 0 aromatic rings. The minimum absolute atomic E-state index is 0.0998. The number of carbonyl (C=O) groups is 1. The molecule has 1 heterocycles. The van der Waals surface area contributed by atoms with Crippen LogP contribution in [0.3, 0.4) is 0 Å². The van der Waals surface area contributed by atoms with Gasteiger partial charge < -0.3 is 5.32 Å². The van der Waals surface area contributed by atoms with Crippen LogP contribution in [0, 0.1) is 11.3 Å². The number of hydrogen-bond donors (Lipinski definition) is 1. The van der Waals surface area contributed by atoms with E-state index in [1.54, 1.807) is 0 Å². The van der Waals surface area contributed by atoms with Crippen LogP contribution in [0.1, 0.15) is 52.4 Å². The van der Waals surface area contributed by atoms with Crippen LogP contribution in [0.2, 0.25) is 0 Å². The monoisotopic (exact) mass is 195 g/mol. The van der Waals surface area contributed by atoms with Crippen molar-refractivity contribution in [2.75, 3.05) is 0 Å². The Hall–Kier alpha value is -0.530. The van der Waals surface area contributed by atoms with Crippen LogP contribution >= 0.6 is 0 Å². The molecule has 2 aliphatic rings. The number of nitrogens with one attached hydrogen (secondary N) is 1. The molecule has 0 aromatic heterocycles. The Bertz CT molecular complexity index is 228. The molecule has 1 N–H and O–H groups in total. The average Bonchev–Trinajstić information content (AvgIpc) is 2.19. The molecule has 0 radical (unpaired) electrons. The Labute approximate surface area is 86.5 Å². The van der Waals surface area contributed by atoms with Gasteiger partial charge in [0.25, 0.3) is 0 Å². The molecule has 2 fully saturated rings. The number of β-lactam (4-membered cyclic amide) rings is 1. The summed E-state index contributed by atoms with van der Waals surface area (Å²) in [7, 11) is 0. The topological polar surface area (TPSA) is 29.1 Å². The maximum Gasteiger partial charge on any atom is 0.227 e. The van der Waals surface area contributed by atoms with Crippen LogP contribution in [-0.4, -0.2) is 11.9 Å². The maximum absolute atomic E-state index is 11.3. The first-order valence-electron chi connectivity index (χ1n) is 5.91. The fourth-order valence-electron chi connectivity index (χ4n) is 2.71. The first kappa shape index (κ1) is 10.0. The molecular formula is C12H21NO. The lowest BCUT2D eigenvalue weighted by atomic mass is 9.70. The predicted octanol–water partition coefficient (Wildman–Crippen LogP) is 2.48. The molecule has 1 unspecified atom stereocenters. The van der Waals surface area contributed by atoms with E-state index in [0.29, 0.717) is 6.04 Å². The summed E-state index contributed by atoms with van der Waals surface area (Å²) in [6, 6.07) is 0.443. The van der Waals surface area contributed by atoms with E-state index in [2.05, 4.69) is 19.2 Å². The zero-order valence-corrected chi connectivity index (χ0v) is 9.31. The lowest BCUT2D eigenvalue weighted by Gasteiger charge is -2.45. The van der Waals surface area contributed by atoms with Crippen LogP contribution in [0.4, 0.5) is 0 Å². The molecule has 1 amide bonds. The van der Waals surface area contributed by atoms with Crippen molar-refractivity contribution in [2.45, 2.75) is 58.4 Å². The first-order valence-corrected chi connectivity index (χ1v) is 5.91. The lowest BCUT2D eigenvalue weighted by Crippen LogP contribution is -2.64. The van der Waals surface area contributed by atoms with E-state index in [0.717, 1.165) is 5.92 Å². The zero-order chi connectivity index (χ0) is 10.2. The zero-order valence-electron chi connectivity index (χ0n) is 9.31. The first-order chi connectivity index (χ1) is 6.60. The average molecular weight is 195 g/mol. The van der Waals surface area contributed by atoms with Gasteiger partial charge in [-0.2, -0.15) is 0 Å². The van der Waals surface area contributed by atoms with Crippen LogP contribution in [-0.2, 0) is 4.79 Å². The van der Waals surface area contributed by atoms with E-state index >= 15 is 0 Å². The fourth-order valence-corrected chi connectivity index (χ4v) is 2.71.